The molecule has 1 amide bonds. The second-order valence-electron chi connectivity index (χ2n) is 10.0. The molecule has 8 nitrogen and oxygen atoms in total. The van der Waals surface area contributed by atoms with Crippen LogP contribution in [0, 0.1) is 24.0 Å². The van der Waals surface area contributed by atoms with Crippen molar-refractivity contribution in [3.63, 3.8) is 0 Å². The molecule has 0 saturated carbocycles. The summed E-state index contributed by atoms with van der Waals surface area (Å²) in [7, 11) is 1.99. The largest absolute Gasteiger partial charge is 0.338 e. The van der Waals surface area contributed by atoms with E-state index in [1.54, 1.807) is 6.92 Å². The van der Waals surface area contributed by atoms with Crippen LogP contribution in [-0.2, 0) is 13.1 Å². The van der Waals surface area contributed by atoms with Gasteiger partial charge in [-0.25, -0.2) is 13.8 Å². The van der Waals surface area contributed by atoms with Gasteiger partial charge in [0, 0.05) is 24.7 Å². The fraction of sp³-hybridized carbons (Fsp3) is 0.500. The first-order chi connectivity index (χ1) is 16.0. The van der Waals surface area contributed by atoms with E-state index in [0.717, 1.165) is 24.2 Å². The van der Waals surface area contributed by atoms with Crippen molar-refractivity contribution in [2.45, 2.75) is 66.2 Å². The molecule has 0 radical (unpaired) electrons. The Balaban J connectivity index is 1.78. The highest BCUT2D eigenvalue weighted by Crippen LogP contribution is 2.33. The van der Waals surface area contributed by atoms with Crippen LogP contribution in [0.5, 0.6) is 0 Å². The van der Waals surface area contributed by atoms with Gasteiger partial charge in [-0.1, -0.05) is 25.9 Å². The lowest BCUT2D eigenvalue weighted by Crippen LogP contribution is -2.38. The number of imidazole rings is 1. The number of amides is 1. The summed E-state index contributed by atoms with van der Waals surface area (Å²) in [5.41, 5.74) is 0.959. The lowest BCUT2D eigenvalue weighted by Gasteiger charge is -2.28. The van der Waals surface area contributed by atoms with Crippen LogP contribution >= 0.6 is 0 Å². The quantitative estimate of drug-likeness (QED) is 0.610. The number of aryl methyl sites for hydroxylation is 1. The molecule has 1 N–H and O–H groups in total. The van der Waals surface area contributed by atoms with E-state index in [4.69, 9.17) is 4.52 Å². The average molecular weight is 473 g/mol. The number of nitrogens with one attached hydrogen (secondary N) is 1. The number of benzene rings is 1. The van der Waals surface area contributed by atoms with Crippen LogP contribution in [0.25, 0.3) is 11.4 Å². The summed E-state index contributed by atoms with van der Waals surface area (Å²) in [4.78, 5) is 24.7. The van der Waals surface area contributed by atoms with Crippen molar-refractivity contribution in [1.29, 1.82) is 0 Å². The number of halogens is 2. The molecule has 34 heavy (non-hydrogen) atoms. The van der Waals surface area contributed by atoms with Crippen molar-refractivity contribution in [3.8, 4) is 11.4 Å². The van der Waals surface area contributed by atoms with E-state index in [-0.39, 0.29) is 11.7 Å². The molecule has 0 saturated heterocycles. The van der Waals surface area contributed by atoms with Crippen molar-refractivity contribution >= 4 is 5.91 Å². The molecule has 2 unspecified atom stereocenters. The summed E-state index contributed by atoms with van der Waals surface area (Å²) in [6.07, 6.45) is 0.823. The van der Waals surface area contributed by atoms with E-state index in [9.17, 15) is 13.6 Å². The summed E-state index contributed by atoms with van der Waals surface area (Å²) in [6, 6.07) is 3.40. The second-order valence-corrected chi connectivity index (χ2v) is 10.0. The number of hydrogen-bond acceptors (Lipinski definition) is 6. The monoisotopic (exact) mass is 472 g/mol. The van der Waals surface area contributed by atoms with E-state index in [0.29, 0.717) is 36.2 Å². The maximum absolute atomic E-state index is 14.0. The van der Waals surface area contributed by atoms with Crippen molar-refractivity contribution < 1.29 is 18.1 Å². The minimum atomic E-state index is -0.959. The van der Waals surface area contributed by atoms with Gasteiger partial charge in [-0.05, 0) is 50.9 Å². The Labute approximate surface area is 197 Å². The van der Waals surface area contributed by atoms with Gasteiger partial charge in [0.05, 0.1) is 5.69 Å². The molecule has 3 aromatic rings. The third-order valence-electron chi connectivity index (χ3n) is 6.32. The normalized spacial score (nSPS) is 17.8. The number of aromatic nitrogens is 4. The van der Waals surface area contributed by atoms with Crippen LogP contribution in [0.4, 0.5) is 8.78 Å². The maximum Gasteiger partial charge on any atom is 0.272 e. The predicted octanol–water partition coefficient (Wildman–Crippen LogP) is 4.26. The first-order valence-corrected chi connectivity index (χ1v) is 11.3. The van der Waals surface area contributed by atoms with E-state index < -0.39 is 29.0 Å². The van der Waals surface area contributed by atoms with Crippen molar-refractivity contribution in [2.24, 2.45) is 5.41 Å². The van der Waals surface area contributed by atoms with Crippen molar-refractivity contribution in [2.75, 3.05) is 7.05 Å². The Morgan fingerprint density at radius 3 is 2.59 bits per heavy atom. The molecular formula is C24H30F2N6O2. The molecule has 3 heterocycles. The average Bonchev–Trinajstić information content (AvgIpc) is 3.31. The van der Waals surface area contributed by atoms with E-state index >= 15 is 0 Å². The molecule has 0 aliphatic carbocycles. The van der Waals surface area contributed by atoms with Crippen LogP contribution in [0.2, 0.25) is 0 Å². The van der Waals surface area contributed by atoms with E-state index in [1.807, 2.05) is 32.4 Å². The number of nitrogens with zero attached hydrogens (tertiary/aromatic N) is 5. The smallest absolute Gasteiger partial charge is 0.272 e. The van der Waals surface area contributed by atoms with Gasteiger partial charge < -0.3 is 14.4 Å². The zero-order chi connectivity index (χ0) is 24.8. The van der Waals surface area contributed by atoms with Crippen LogP contribution < -0.4 is 5.32 Å². The molecule has 1 aromatic carbocycles. The van der Waals surface area contributed by atoms with Crippen molar-refractivity contribution in [1.82, 2.24) is 29.9 Å². The third kappa shape index (κ3) is 4.59. The van der Waals surface area contributed by atoms with Gasteiger partial charge >= 0.3 is 0 Å². The molecule has 0 fully saturated rings. The molecule has 4 rings (SSSR count). The van der Waals surface area contributed by atoms with Crippen LogP contribution in [0.15, 0.2) is 22.7 Å². The molecule has 1 aliphatic heterocycles. The summed E-state index contributed by atoms with van der Waals surface area (Å²) in [6.45, 7) is 10.8. The molecule has 2 atom stereocenters. The van der Waals surface area contributed by atoms with Gasteiger partial charge in [0.15, 0.2) is 23.2 Å². The number of hydrogen-bond donors (Lipinski definition) is 1. The molecule has 2 aromatic heterocycles. The molecular weight excluding hydrogens is 442 g/mol. The minimum absolute atomic E-state index is 0.242. The summed E-state index contributed by atoms with van der Waals surface area (Å²) < 4.78 is 34.9. The fourth-order valence-corrected chi connectivity index (χ4v) is 4.13. The summed E-state index contributed by atoms with van der Waals surface area (Å²) >= 11 is 0. The Bertz CT molecular complexity index is 1210. The number of carbonyl (C=O) groups excluding carboxylic acids is 1. The molecule has 10 heteroatoms. The molecule has 1 aliphatic rings. The van der Waals surface area contributed by atoms with Gasteiger partial charge in [0.25, 0.3) is 5.91 Å². The lowest BCUT2D eigenvalue weighted by molar-refractivity contribution is 0.0873. The topological polar surface area (TPSA) is 89.1 Å². The van der Waals surface area contributed by atoms with Crippen LogP contribution in [0.1, 0.15) is 68.1 Å². The zero-order valence-electron chi connectivity index (χ0n) is 20.3. The second kappa shape index (κ2) is 8.90. The van der Waals surface area contributed by atoms with Gasteiger partial charge in [-0.3, -0.25) is 9.69 Å². The first kappa shape index (κ1) is 24.0. The Morgan fingerprint density at radius 1 is 1.24 bits per heavy atom. The lowest BCUT2D eigenvalue weighted by atomic mass is 9.86. The Morgan fingerprint density at radius 2 is 1.97 bits per heavy atom. The van der Waals surface area contributed by atoms with E-state index in [2.05, 4.69) is 32.3 Å². The highest BCUT2D eigenvalue weighted by Gasteiger charge is 2.35. The van der Waals surface area contributed by atoms with Crippen LogP contribution in [0.3, 0.4) is 0 Å². The fourth-order valence-electron chi connectivity index (χ4n) is 4.13. The Kier molecular flexibility index (Phi) is 6.28. The number of rotatable bonds is 4. The van der Waals surface area contributed by atoms with Gasteiger partial charge in [0.1, 0.15) is 11.9 Å². The molecule has 0 bridgehead atoms. The molecule has 0 spiro atoms. The standard InChI is InChI=1S/C24H30F2N6O2/c1-13-9-10-32-18(12-31(13)6)19(28-21(32)15-7-8-16(25)17(26)11-15)22(33)29-20(24(3,4)5)23-27-14(2)30-34-23/h7-8,11,13,20H,9-10,12H2,1-6H3,(H,29,33). The number of fused-ring (bicyclic) bond motifs is 1. The van der Waals surface area contributed by atoms with Crippen molar-refractivity contribution in [3.05, 3.63) is 52.9 Å². The van der Waals surface area contributed by atoms with E-state index in [1.165, 1.54) is 6.07 Å². The third-order valence-corrected chi connectivity index (χ3v) is 6.32. The Hall–Kier alpha value is -3.14. The summed E-state index contributed by atoms with van der Waals surface area (Å²) in [5, 5.41) is 6.88. The van der Waals surface area contributed by atoms with Gasteiger partial charge in [-0.15, -0.1) is 0 Å². The highest BCUT2D eigenvalue weighted by molar-refractivity contribution is 5.94. The molecule has 182 valence electrons. The van der Waals surface area contributed by atoms with Gasteiger partial charge in [-0.2, -0.15) is 4.98 Å². The van der Waals surface area contributed by atoms with Gasteiger partial charge in [0.2, 0.25) is 5.89 Å². The zero-order valence-corrected chi connectivity index (χ0v) is 20.3. The van der Waals surface area contributed by atoms with Crippen LogP contribution in [-0.4, -0.2) is 43.6 Å². The maximum atomic E-state index is 14.0. The summed E-state index contributed by atoms with van der Waals surface area (Å²) in [5.74, 6) is -1.06. The predicted molar refractivity (Wildman–Crippen MR) is 122 cm³/mol. The minimum Gasteiger partial charge on any atom is -0.338 e. The first-order valence-electron chi connectivity index (χ1n) is 11.3. The highest BCUT2D eigenvalue weighted by atomic mass is 19.2. The number of carbonyl (C=O) groups is 1. The SMILES string of the molecule is Cc1noc(C(NC(=O)c2nc(-c3ccc(F)c(F)c3)n3c2CN(C)C(C)CC3)C(C)(C)C)n1.